The zero-order chi connectivity index (χ0) is 7.47. The molecule has 1 heteroatoms. The van der Waals surface area contributed by atoms with Crippen LogP contribution in [-0.2, 0) is 0 Å². The first-order valence-corrected chi connectivity index (χ1v) is 5.08. The fourth-order valence-electron chi connectivity index (χ4n) is 4.12. The van der Waals surface area contributed by atoms with Crippen molar-refractivity contribution in [3.63, 3.8) is 0 Å². The van der Waals surface area contributed by atoms with Gasteiger partial charge < -0.3 is 5.73 Å². The van der Waals surface area contributed by atoms with E-state index in [1.807, 2.05) is 0 Å². The minimum atomic E-state index is 0.311. The maximum atomic E-state index is 6.39. The van der Waals surface area contributed by atoms with Crippen LogP contribution in [0.25, 0.3) is 0 Å². The first-order chi connectivity index (χ1) is 5.30. The van der Waals surface area contributed by atoms with Crippen molar-refractivity contribution >= 4 is 0 Å². The first-order valence-electron chi connectivity index (χ1n) is 5.08. The molecule has 4 unspecified atom stereocenters. The predicted octanol–water partition coefficient (Wildman–Crippen LogP) is 1.91. The molecule has 0 aromatic heterocycles. The van der Waals surface area contributed by atoms with Crippen LogP contribution >= 0.6 is 0 Å². The van der Waals surface area contributed by atoms with E-state index in [0.29, 0.717) is 5.54 Å². The number of hydrogen-bond acceptors (Lipinski definition) is 1. The second kappa shape index (κ2) is 1.82. The lowest BCUT2D eigenvalue weighted by Crippen LogP contribution is -2.43. The Morgan fingerprint density at radius 3 is 2.91 bits per heavy atom. The minimum absolute atomic E-state index is 0.311. The van der Waals surface area contributed by atoms with Crippen LogP contribution in [0.2, 0.25) is 0 Å². The molecular weight excluding hydrogens is 134 g/mol. The Balaban J connectivity index is 1.98. The number of nitrogens with two attached hydrogens (primary N) is 1. The van der Waals surface area contributed by atoms with E-state index >= 15 is 0 Å². The van der Waals surface area contributed by atoms with Gasteiger partial charge in [0, 0.05) is 5.54 Å². The van der Waals surface area contributed by atoms with Gasteiger partial charge in [-0.05, 0) is 49.9 Å². The molecule has 0 radical (unpaired) electrons. The SMILES string of the molecule is NC12CCC(C1)C1CCCC12. The van der Waals surface area contributed by atoms with Crippen molar-refractivity contribution in [3.8, 4) is 0 Å². The highest BCUT2D eigenvalue weighted by Gasteiger charge is 2.56. The van der Waals surface area contributed by atoms with Crippen LogP contribution in [0.15, 0.2) is 0 Å². The summed E-state index contributed by atoms with van der Waals surface area (Å²) in [6.45, 7) is 0. The van der Waals surface area contributed by atoms with Gasteiger partial charge in [-0.3, -0.25) is 0 Å². The van der Waals surface area contributed by atoms with Gasteiger partial charge in [-0.15, -0.1) is 0 Å². The molecule has 0 aromatic rings. The van der Waals surface area contributed by atoms with Crippen LogP contribution in [0, 0.1) is 17.8 Å². The van der Waals surface area contributed by atoms with Crippen LogP contribution < -0.4 is 5.73 Å². The third-order valence-electron chi connectivity index (χ3n) is 4.54. The summed E-state index contributed by atoms with van der Waals surface area (Å²) in [4.78, 5) is 0. The molecule has 0 heterocycles. The molecule has 3 aliphatic carbocycles. The first kappa shape index (κ1) is 6.47. The average Bonchev–Trinajstić information content (AvgIpc) is 2.53. The highest BCUT2D eigenvalue weighted by atomic mass is 14.8. The number of rotatable bonds is 0. The molecular formula is C10H17N. The molecule has 3 fully saturated rings. The van der Waals surface area contributed by atoms with Gasteiger partial charge in [0.25, 0.3) is 0 Å². The quantitative estimate of drug-likeness (QED) is 0.562. The smallest absolute Gasteiger partial charge is 0.0188 e. The average molecular weight is 151 g/mol. The monoisotopic (exact) mass is 151 g/mol. The van der Waals surface area contributed by atoms with Crippen LogP contribution in [0.1, 0.15) is 38.5 Å². The molecule has 0 saturated heterocycles. The molecule has 3 saturated carbocycles. The minimum Gasteiger partial charge on any atom is -0.325 e. The van der Waals surface area contributed by atoms with Gasteiger partial charge >= 0.3 is 0 Å². The third-order valence-corrected chi connectivity index (χ3v) is 4.54. The summed E-state index contributed by atoms with van der Waals surface area (Å²) >= 11 is 0. The number of hydrogen-bond donors (Lipinski definition) is 1. The lowest BCUT2D eigenvalue weighted by Gasteiger charge is -2.32. The van der Waals surface area contributed by atoms with E-state index in [1.165, 1.54) is 38.5 Å². The summed E-state index contributed by atoms with van der Waals surface area (Å²) in [5.74, 6) is 3.02. The highest BCUT2D eigenvalue weighted by Crippen LogP contribution is 2.59. The Hall–Kier alpha value is -0.0400. The second-order valence-electron chi connectivity index (χ2n) is 4.94. The molecule has 0 aromatic carbocycles. The van der Waals surface area contributed by atoms with E-state index in [-0.39, 0.29) is 0 Å². The van der Waals surface area contributed by atoms with Gasteiger partial charge in [-0.25, -0.2) is 0 Å². The molecule has 0 amide bonds. The fraction of sp³-hybridized carbons (Fsp3) is 1.00. The van der Waals surface area contributed by atoms with Crippen LogP contribution in [0.3, 0.4) is 0 Å². The molecule has 62 valence electrons. The summed E-state index contributed by atoms with van der Waals surface area (Å²) in [6.07, 6.45) is 8.54. The standard InChI is InChI=1S/C10H17N/c11-10-5-4-7(6-10)8-2-1-3-9(8)10/h7-9H,1-6,11H2. The van der Waals surface area contributed by atoms with Gasteiger partial charge in [-0.2, -0.15) is 0 Å². The Morgan fingerprint density at radius 1 is 1.18 bits per heavy atom. The Kier molecular flexibility index (Phi) is 1.07. The molecule has 2 bridgehead atoms. The van der Waals surface area contributed by atoms with Gasteiger partial charge in [0.2, 0.25) is 0 Å². The normalized spacial score (nSPS) is 60.3. The molecule has 11 heavy (non-hydrogen) atoms. The van der Waals surface area contributed by atoms with Crippen molar-refractivity contribution < 1.29 is 0 Å². The lowest BCUT2D eigenvalue weighted by atomic mass is 9.78. The molecule has 2 N–H and O–H groups in total. The topological polar surface area (TPSA) is 26.0 Å². The highest BCUT2D eigenvalue weighted by molar-refractivity contribution is 5.11. The van der Waals surface area contributed by atoms with Gasteiger partial charge in [0.05, 0.1) is 0 Å². The fourth-order valence-corrected chi connectivity index (χ4v) is 4.12. The third kappa shape index (κ3) is 0.658. The summed E-state index contributed by atoms with van der Waals surface area (Å²) in [5.41, 5.74) is 6.70. The summed E-state index contributed by atoms with van der Waals surface area (Å²) < 4.78 is 0. The molecule has 1 nitrogen and oxygen atoms in total. The Labute approximate surface area is 68.3 Å². The van der Waals surface area contributed by atoms with E-state index in [1.54, 1.807) is 0 Å². The Morgan fingerprint density at radius 2 is 2.09 bits per heavy atom. The van der Waals surface area contributed by atoms with Crippen LogP contribution in [0.4, 0.5) is 0 Å². The zero-order valence-corrected chi connectivity index (χ0v) is 7.05. The van der Waals surface area contributed by atoms with Crippen molar-refractivity contribution in [3.05, 3.63) is 0 Å². The molecule has 3 rings (SSSR count). The van der Waals surface area contributed by atoms with E-state index in [2.05, 4.69) is 0 Å². The maximum absolute atomic E-state index is 6.39. The maximum Gasteiger partial charge on any atom is 0.0188 e. The summed E-state index contributed by atoms with van der Waals surface area (Å²) in [7, 11) is 0. The van der Waals surface area contributed by atoms with Crippen molar-refractivity contribution in [1.29, 1.82) is 0 Å². The molecule has 0 spiro atoms. The van der Waals surface area contributed by atoms with Crippen LogP contribution in [0.5, 0.6) is 0 Å². The number of fused-ring (bicyclic) bond motifs is 5. The van der Waals surface area contributed by atoms with E-state index in [4.69, 9.17) is 5.73 Å². The molecule has 4 atom stereocenters. The predicted molar refractivity (Wildman–Crippen MR) is 45.1 cm³/mol. The van der Waals surface area contributed by atoms with E-state index < -0.39 is 0 Å². The second-order valence-corrected chi connectivity index (χ2v) is 4.94. The van der Waals surface area contributed by atoms with Crippen molar-refractivity contribution in [2.45, 2.75) is 44.1 Å². The summed E-state index contributed by atoms with van der Waals surface area (Å²) in [6, 6.07) is 0. The van der Waals surface area contributed by atoms with E-state index in [9.17, 15) is 0 Å². The lowest BCUT2D eigenvalue weighted by molar-refractivity contribution is 0.229. The van der Waals surface area contributed by atoms with E-state index in [0.717, 1.165) is 17.8 Å². The van der Waals surface area contributed by atoms with Crippen molar-refractivity contribution in [2.75, 3.05) is 0 Å². The van der Waals surface area contributed by atoms with Gasteiger partial charge in [0.15, 0.2) is 0 Å². The van der Waals surface area contributed by atoms with Crippen molar-refractivity contribution in [1.82, 2.24) is 0 Å². The van der Waals surface area contributed by atoms with Gasteiger partial charge in [0.1, 0.15) is 0 Å². The van der Waals surface area contributed by atoms with Crippen LogP contribution in [-0.4, -0.2) is 5.54 Å². The largest absolute Gasteiger partial charge is 0.325 e. The van der Waals surface area contributed by atoms with Gasteiger partial charge in [-0.1, -0.05) is 6.42 Å². The molecule has 0 aliphatic heterocycles. The Bertz CT molecular complexity index is 189. The van der Waals surface area contributed by atoms with Crippen molar-refractivity contribution in [2.24, 2.45) is 23.5 Å². The molecule has 3 aliphatic rings. The summed E-state index contributed by atoms with van der Waals surface area (Å²) in [5, 5.41) is 0. The zero-order valence-electron chi connectivity index (χ0n) is 7.05.